The Morgan fingerprint density at radius 2 is 1.95 bits per heavy atom. The quantitative estimate of drug-likeness (QED) is 0.867. The Kier molecular flexibility index (Phi) is 5.21. The van der Waals surface area contributed by atoms with E-state index in [9.17, 15) is 17.6 Å². The van der Waals surface area contributed by atoms with Crippen molar-refractivity contribution in [2.75, 3.05) is 17.3 Å². The average molecular weight is 319 g/mol. The van der Waals surface area contributed by atoms with Gasteiger partial charge in [-0.1, -0.05) is 20.8 Å². The van der Waals surface area contributed by atoms with Crippen molar-refractivity contribution in [3.05, 3.63) is 24.0 Å². The van der Waals surface area contributed by atoms with E-state index in [2.05, 4.69) is 5.32 Å². The van der Waals surface area contributed by atoms with Gasteiger partial charge < -0.3 is 5.32 Å². The van der Waals surface area contributed by atoms with Crippen LogP contribution in [0.15, 0.2) is 23.1 Å². The number of nitrogens with one attached hydrogen (secondary N) is 1. The first kappa shape index (κ1) is 17.0. The number of hydrogen-bond donors (Lipinski definition) is 1. The van der Waals surface area contributed by atoms with Crippen LogP contribution < -0.4 is 5.32 Å². The zero-order valence-corrected chi connectivity index (χ0v) is 13.5. The summed E-state index contributed by atoms with van der Waals surface area (Å²) in [5, 5.41) is 2.40. The maximum Gasteiger partial charge on any atom is 0.234 e. The minimum Gasteiger partial charge on any atom is -0.323 e. The van der Waals surface area contributed by atoms with Gasteiger partial charge in [0.15, 0.2) is 9.84 Å². The number of halogens is 1. The van der Waals surface area contributed by atoms with E-state index < -0.39 is 15.7 Å². The molecule has 20 heavy (non-hydrogen) atoms. The summed E-state index contributed by atoms with van der Waals surface area (Å²) in [6.45, 7) is 5.90. The summed E-state index contributed by atoms with van der Waals surface area (Å²) in [4.78, 5) is 11.7. The molecule has 0 heterocycles. The summed E-state index contributed by atoms with van der Waals surface area (Å²) >= 11 is 1.42. The normalized spacial score (nSPS) is 12.2. The zero-order valence-electron chi connectivity index (χ0n) is 11.9. The first-order chi connectivity index (χ1) is 8.99. The second-order valence-electron chi connectivity index (χ2n) is 5.36. The highest BCUT2D eigenvalue weighted by atomic mass is 32.2. The first-order valence-electron chi connectivity index (χ1n) is 5.92. The first-order valence-corrected chi connectivity index (χ1v) is 8.80. The highest BCUT2D eigenvalue weighted by molar-refractivity contribution is 8.01. The molecule has 1 amide bonds. The van der Waals surface area contributed by atoms with Crippen molar-refractivity contribution < 1.29 is 17.6 Å². The van der Waals surface area contributed by atoms with Crippen molar-refractivity contribution >= 4 is 33.2 Å². The summed E-state index contributed by atoms with van der Waals surface area (Å²) < 4.78 is 36.3. The number of amides is 1. The predicted octanol–water partition coefficient (Wildman–Crippen LogP) is 2.70. The Bertz CT molecular complexity index is 607. The van der Waals surface area contributed by atoms with Gasteiger partial charge in [-0.05, 0) is 18.2 Å². The highest BCUT2D eigenvalue weighted by Crippen LogP contribution is 2.24. The van der Waals surface area contributed by atoms with E-state index in [0.29, 0.717) is 0 Å². The van der Waals surface area contributed by atoms with E-state index in [0.717, 1.165) is 18.4 Å². The molecule has 0 fully saturated rings. The van der Waals surface area contributed by atoms with Crippen LogP contribution in [0.3, 0.4) is 0 Å². The third-order valence-corrected chi connectivity index (χ3v) is 4.66. The molecule has 1 rings (SSSR count). The van der Waals surface area contributed by atoms with Crippen LogP contribution in [0.5, 0.6) is 0 Å². The van der Waals surface area contributed by atoms with Gasteiger partial charge in [-0.15, -0.1) is 11.8 Å². The Hall–Kier alpha value is -1.08. The second kappa shape index (κ2) is 6.13. The third kappa shape index (κ3) is 5.50. The number of rotatable bonds is 4. The van der Waals surface area contributed by atoms with Gasteiger partial charge in [0.2, 0.25) is 5.91 Å². The maximum atomic E-state index is 13.6. The lowest BCUT2D eigenvalue weighted by atomic mass is 10.3. The van der Waals surface area contributed by atoms with Crippen LogP contribution in [0.2, 0.25) is 0 Å². The number of benzene rings is 1. The third-order valence-electron chi connectivity index (χ3n) is 2.28. The SMILES string of the molecule is CC(C)(C)SCC(=O)Nc1cc(S(C)(=O)=O)ccc1F. The lowest BCUT2D eigenvalue weighted by Crippen LogP contribution is -2.19. The van der Waals surface area contributed by atoms with Crippen molar-refractivity contribution in [1.82, 2.24) is 0 Å². The van der Waals surface area contributed by atoms with Crippen LogP contribution in [0.4, 0.5) is 10.1 Å². The molecule has 112 valence electrons. The largest absolute Gasteiger partial charge is 0.323 e. The number of hydrogen-bond acceptors (Lipinski definition) is 4. The van der Waals surface area contributed by atoms with Gasteiger partial charge in [0.1, 0.15) is 5.82 Å². The van der Waals surface area contributed by atoms with Gasteiger partial charge in [0.05, 0.1) is 16.3 Å². The molecular formula is C13H18FNO3S2. The molecular weight excluding hydrogens is 301 g/mol. The van der Waals surface area contributed by atoms with E-state index in [1.165, 1.54) is 17.8 Å². The van der Waals surface area contributed by atoms with Crippen molar-refractivity contribution in [3.8, 4) is 0 Å². The van der Waals surface area contributed by atoms with Gasteiger partial charge in [-0.2, -0.15) is 0 Å². The fraction of sp³-hybridized carbons (Fsp3) is 0.462. The molecule has 0 atom stereocenters. The summed E-state index contributed by atoms with van der Waals surface area (Å²) in [5.41, 5.74) is -0.118. The molecule has 0 aromatic heterocycles. The lowest BCUT2D eigenvalue weighted by Gasteiger charge is -2.17. The van der Waals surface area contributed by atoms with Crippen LogP contribution in [0, 0.1) is 5.82 Å². The smallest absolute Gasteiger partial charge is 0.234 e. The standard InChI is InChI=1S/C13H18FNO3S2/c1-13(2,3)19-8-12(16)15-11-7-9(20(4,17)18)5-6-10(11)14/h5-7H,8H2,1-4H3,(H,15,16). The van der Waals surface area contributed by atoms with E-state index in [1.807, 2.05) is 20.8 Å². The molecule has 0 unspecified atom stereocenters. The summed E-state index contributed by atoms with van der Waals surface area (Å²) in [6, 6.07) is 3.33. The minimum absolute atomic E-state index is 0.0299. The van der Waals surface area contributed by atoms with Gasteiger partial charge in [-0.25, -0.2) is 12.8 Å². The molecule has 0 spiro atoms. The number of thioether (sulfide) groups is 1. The second-order valence-corrected chi connectivity index (χ2v) is 9.18. The molecule has 4 nitrogen and oxygen atoms in total. The number of carbonyl (C=O) groups is 1. The molecule has 0 bridgehead atoms. The van der Waals surface area contributed by atoms with E-state index in [-0.39, 0.29) is 27.0 Å². The molecule has 0 aliphatic rings. The van der Waals surface area contributed by atoms with Crippen LogP contribution in [0.1, 0.15) is 20.8 Å². The fourth-order valence-corrected chi connectivity index (χ4v) is 2.58. The number of sulfone groups is 1. The molecule has 7 heteroatoms. The van der Waals surface area contributed by atoms with E-state index in [4.69, 9.17) is 0 Å². The fourth-order valence-electron chi connectivity index (χ4n) is 1.30. The van der Waals surface area contributed by atoms with Crippen LogP contribution in [-0.2, 0) is 14.6 Å². The van der Waals surface area contributed by atoms with E-state index in [1.54, 1.807) is 0 Å². The van der Waals surface area contributed by atoms with Crippen LogP contribution in [0.25, 0.3) is 0 Å². The van der Waals surface area contributed by atoms with Crippen molar-refractivity contribution in [2.45, 2.75) is 30.4 Å². The molecule has 1 aromatic carbocycles. The Balaban J connectivity index is 2.85. The maximum absolute atomic E-state index is 13.6. The topological polar surface area (TPSA) is 63.2 Å². The molecule has 0 aliphatic heterocycles. The molecule has 0 aliphatic carbocycles. The van der Waals surface area contributed by atoms with Gasteiger partial charge in [0.25, 0.3) is 0 Å². The van der Waals surface area contributed by atoms with Gasteiger partial charge in [-0.3, -0.25) is 4.79 Å². The summed E-state index contributed by atoms with van der Waals surface area (Å²) in [7, 11) is -3.44. The Morgan fingerprint density at radius 3 is 2.45 bits per heavy atom. The van der Waals surface area contributed by atoms with Gasteiger partial charge >= 0.3 is 0 Å². The summed E-state index contributed by atoms with van der Waals surface area (Å²) in [5.74, 6) is -0.854. The van der Waals surface area contributed by atoms with E-state index >= 15 is 0 Å². The molecule has 1 aromatic rings. The zero-order chi connectivity index (χ0) is 15.6. The van der Waals surface area contributed by atoms with Crippen molar-refractivity contribution in [2.24, 2.45) is 0 Å². The van der Waals surface area contributed by atoms with Crippen LogP contribution >= 0.6 is 11.8 Å². The Labute approximate surface area is 123 Å². The molecule has 1 N–H and O–H groups in total. The van der Waals surface area contributed by atoms with Crippen molar-refractivity contribution in [1.29, 1.82) is 0 Å². The predicted molar refractivity (Wildman–Crippen MR) is 80.4 cm³/mol. The minimum atomic E-state index is -3.44. The molecule has 0 saturated heterocycles. The monoisotopic (exact) mass is 319 g/mol. The average Bonchev–Trinajstić information content (AvgIpc) is 2.27. The van der Waals surface area contributed by atoms with Crippen molar-refractivity contribution in [3.63, 3.8) is 0 Å². The lowest BCUT2D eigenvalue weighted by molar-refractivity contribution is -0.113. The van der Waals surface area contributed by atoms with Crippen LogP contribution in [-0.4, -0.2) is 31.1 Å². The molecule has 0 radical (unpaired) electrons. The number of anilines is 1. The number of carbonyl (C=O) groups excluding carboxylic acids is 1. The highest BCUT2D eigenvalue weighted by Gasteiger charge is 2.16. The summed E-state index contributed by atoms with van der Waals surface area (Å²) in [6.07, 6.45) is 1.03. The molecule has 0 saturated carbocycles. The van der Waals surface area contributed by atoms with Gasteiger partial charge in [0, 0.05) is 11.0 Å². The Morgan fingerprint density at radius 1 is 1.35 bits per heavy atom.